The van der Waals surface area contributed by atoms with Gasteiger partial charge in [0.05, 0.1) is 6.67 Å². The van der Waals surface area contributed by atoms with Crippen molar-refractivity contribution in [3.8, 4) is 0 Å². The summed E-state index contributed by atoms with van der Waals surface area (Å²) in [4.78, 5) is 0. The van der Waals surface area contributed by atoms with E-state index in [1.165, 1.54) is 5.56 Å². The highest BCUT2D eigenvalue weighted by Gasteiger charge is 1.97. The molecule has 0 aliphatic rings. The number of aryl methyl sites for hydroxylation is 1. The lowest BCUT2D eigenvalue weighted by Crippen LogP contribution is -2.04. The third-order valence-electron chi connectivity index (χ3n) is 2.02. The lowest BCUT2D eigenvalue weighted by molar-refractivity contribution is 0.481. The molecule has 0 spiro atoms. The van der Waals surface area contributed by atoms with Gasteiger partial charge >= 0.3 is 0 Å². The summed E-state index contributed by atoms with van der Waals surface area (Å²) in [5.74, 6) is 0. The Labute approximate surface area is 79.0 Å². The predicted octanol–water partition coefficient (Wildman–Crippen LogP) is 3.02. The smallest absolute Gasteiger partial charge is 0.0911 e. The molecule has 72 valence electrons. The Kier molecular flexibility index (Phi) is 4.30. The summed E-state index contributed by atoms with van der Waals surface area (Å²) < 4.78 is 11.8. The molecule has 1 aromatic rings. The van der Waals surface area contributed by atoms with Crippen molar-refractivity contribution in [2.45, 2.75) is 19.8 Å². The molecule has 0 saturated carbocycles. The molecule has 1 nitrogen and oxygen atoms in total. The minimum atomic E-state index is -0.249. The number of para-hydroxylation sites is 1. The highest BCUT2D eigenvalue weighted by atomic mass is 19.1. The number of alkyl halides is 1. The van der Waals surface area contributed by atoms with Gasteiger partial charge in [-0.15, -0.1) is 0 Å². The van der Waals surface area contributed by atoms with E-state index in [1.54, 1.807) is 0 Å². The molecule has 0 aliphatic carbocycles. The van der Waals surface area contributed by atoms with Crippen molar-refractivity contribution in [1.29, 1.82) is 0 Å². The molecular formula is C11H16FN. The first-order chi connectivity index (χ1) is 6.38. The summed E-state index contributed by atoms with van der Waals surface area (Å²) in [6.45, 7) is 2.59. The predicted molar refractivity (Wildman–Crippen MR) is 54.9 cm³/mol. The van der Waals surface area contributed by atoms with Gasteiger partial charge in [0.2, 0.25) is 0 Å². The number of hydrogen-bond donors (Lipinski definition) is 1. The Balaban J connectivity index is 2.54. The number of benzene rings is 1. The van der Waals surface area contributed by atoms with E-state index in [4.69, 9.17) is 0 Å². The molecule has 0 atom stereocenters. The number of hydrogen-bond acceptors (Lipinski definition) is 1. The van der Waals surface area contributed by atoms with Crippen LogP contribution >= 0.6 is 0 Å². The molecule has 2 heteroatoms. The van der Waals surface area contributed by atoms with E-state index in [1.807, 2.05) is 18.2 Å². The molecule has 1 N–H and O–H groups in total. The van der Waals surface area contributed by atoms with Gasteiger partial charge in [0.1, 0.15) is 0 Å². The molecule has 0 aliphatic heterocycles. The summed E-state index contributed by atoms with van der Waals surface area (Å²) in [7, 11) is 0. The molecule has 0 unspecified atom stereocenters. The van der Waals surface area contributed by atoms with Crippen molar-refractivity contribution in [2.24, 2.45) is 0 Å². The summed E-state index contributed by atoms with van der Waals surface area (Å²) >= 11 is 0. The van der Waals surface area contributed by atoms with Crippen LogP contribution in [0.1, 0.15) is 18.9 Å². The van der Waals surface area contributed by atoms with E-state index < -0.39 is 0 Å². The SMILES string of the molecule is CCc1ccccc1NCCCF. The van der Waals surface area contributed by atoms with Crippen molar-refractivity contribution in [3.63, 3.8) is 0 Å². The first-order valence-corrected chi connectivity index (χ1v) is 4.76. The van der Waals surface area contributed by atoms with E-state index in [9.17, 15) is 4.39 Å². The fourth-order valence-electron chi connectivity index (χ4n) is 1.29. The van der Waals surface area contributed by atoms with E-state index in [-0.39, 0.29) is 6.67 Å². The fraction of sp³-hybridized carbons (Fsp3) is 0.455. The second kappa shape index (κ2) is 5.57. The normalized spacial score (nSPS) is 10.0. The Morgan fingerprint density at radius 1 is 1.31 bits per heavy atom. The van der Waals surface area contributed by atoms with Crippen LogP contribution < -0.4 is 5.32 Å². The third kappa shape index (κ3) is 3.05. The van der Waals surface area contributed by atoms with Gasteiger partial charge in [-0.25, -0.2) is 0 Å². The average Bonchev–Trinajstić information content (AvgIpc) is 2.19. The van der Waals surface area contributed by atoms with Crippen LogP contribution in [-0.2, 0) is 6.42 Å². The first kappa shape index (κ1) is 10.0. The van der Waals surface area contributed by atoms with Crippen LogP contribution in [0.25, 0.3) is 0 Å². The summed E-state index contributed by atoms with van der Waals surface area (Å²) in [6.07, 6.45) is 1.59. The van der Waals surface area contributed by atoms with Crippen LogP contribution in [0, 0.1) is 0 Å². The Hall–Kier alpha value is -1.05. The van der Waals surface area contributed by atoms with E-state index in [2.05, 4.69) is 18.3 Å². The Morgan fingerprint density at radius 3 is 2.77 bits per heavy atom. The highest BCUT2D eigenvalue weighted by Crippen LogP contribution is 2.14. The summed E-state index contributed by atoms with van der Waals surface area (Å²) in [6, 6.07) is 8.16. The lowest BCUT2D eigenvalue weighted by atomic mass is 10.1. The van der Waals surface area contributed by atoms with Gasteiger partial charge in [-0.05, 0) is 24.5 Å². The lowest BCUT2D eigenvalue weighted by Gasteiger charge is -2.09. The molecule has 1 aromatic carbocycles. The molecule has 0 bridgehead atoms. The van der Waals surface area contributed by atoms with Gasteiger partial charge in [-0.3, -0.25) is 4.39 Å². The van der Waals surface area contributed by atoms with Crippen molar-refractivity contribution in [1.82, 2.24) is 0 Å². The largest absolute Gasteiger partial charge is 0.385 e. The van der Waals surface area contributed by atoms with Crippen molar-refractivity contribution in [3.05, 3.63) is 29.8 Å². The van der Waals surface area contributed by atoms with Gasteiger partial charge in [-0.2, -0.15) is 0 Å². The van der Waals surface area contributed by atoms with Crippen LogP contribution in [0.4, 0.5) is 10.1 Å². The van der Waals surface area contributed by atoms with E-state index in [0.717, 1.165) is 12.1 Å². The highest BCUT2D eigenvalue weighted by molar-refractivity contribution is 5.50. The van der Waals surface area contributed by atoms with Crippen molar-refractivity contribution < 1.29 is 4.39 Å². The zero-order valence-electron chi connectivity index (χ0n) is 8.02. The van der Waals surface area contributed by atoms with Crippen molar-refractivity contribution in [2.75, 3.05) is 18.5 Å². The van der Waals surface area contributed by atoms with Gasteiger partial charge in [-0.1, -0.05) is 25.1 Å². The maximum atomic E-state index is 11.8. The molecule has 0 aromatic heterocycles. The van der Waals surface area contributed by atoms with Crippen LogP contribution in [0.5, 0.6) is 0 Å². The third-order valence-corrected chi connectivity index (χ3v) is 2.02. The van der Waals surface area contributed by atoms with Gasteiger partial charge in [0.15, 0.2) is 0 Å². The molecule has 13 heavy (non-hydrogen) atoms. The van der Waals surface area contributed by atoms with Crippen LogP contribution in [0.3, 0.4) is 0 Å². The Morgan fingerprint density at radius 2 is 2.08 bits per heavy atom. The fourth-order valence-corrected chi connectivity index (χ4v) is 1.29. The van der Waals surface area contributed by atoms with Gasteiger partial charge in [0, 0.05) is 12.2 Å². The summed E-state index contributed by atoms with van der Waals surface area (Å²) in [5, 5.41) is 3.23. The van der Waals surface area contributed by atoms with Gasteiger partial charge in [0.25, 0.3) is 0 Å². The van der Waals surface area contributed by atoms with Crippen LogP contribution in [-0.4, -0.2) is 13.2 Å². The maximum Gasteiger partial charge on any atom is 0.0911 e. The van der Waals surface area contributed by atoms with E-state index >= 15 is 0 Å². The van der Waals surface area contributed by atoms with Crippen LogP contribution in [0.2, 0.25) is 0 Å². The van der Waals surface area contributed by atoms with E-state index in [0.29, 0.717) is 13.0 Å². The minimum absolute atomic E-state index is 0.249. The Bertz CT molecular complexity index is 248. The zero-order valence-corrected chi connectivity index (χ0v) is 8.02. The number of nitrogens with one attached hydrogen (secondary N) is 1. The summed E-state index contributed by atoms with van der Waals surface area (Å²) in [5.41, 5.74) is 2.43. The molecule has 0 saturated heterocycles. The monoisotopic (exact) mass is 181 g/mol. The quantitative estimate of drug-likeness (QED) is 0.688. The molecule has 0 amide bonds. The number of halogens is 1. The molecular weight excluding hydrogens is 165 g/mol. The number of anilines is 1. The molecule has 0 radical (unpaired) electrons. The molecule has 0 fully saturated rings. The average molecular weight is 181 g/mol. The molecule has 0 heterocycles. The first-order valence-electron chi connectivity index (χ1n) is 4.76. The standard InChI is InChI=1S/C11H16FN/c1-2-10-6-3-4-7-11(10)13-9-5-8-12/h3-4,6-7,13H,2,5,8-9H2,1H3. The second-order valence-electron chi connectivity index (χ2n) is 2.98. The topological polar surface area (TPSA) is 12.0 Å². The van der Waals surface area contributed by atoms with Crippen LogP contribution in [0.15, 0.2) is 24.3 Å². The van der Waals surface area contributed by atoms with Gasteiger partial charge < -0.3 is 5.32 Å². The van der Waals surface area contributed by atoms with Crippen molar-refractivity contribution >= 4 is 5.69 Å². The zero-order chi connectivity index (χ0) is 9.52. The molecule has 1 rings (SSSR count). The maximum absolute atomic E-state index is 11.8. The second-order valence-corrected chi connectivity index (χ2v) is 2.98. The number of rotatable bonds is 5. The minimum Gasteiger partial charge on any atom is -0.385 e.